The maximum absolute atomic E-state index is 12.4. The molecular weight excluding hydrogens is 228 g/mol. The van der Waals surface area contributed by atoms with Gasteiger partial charge in [-0.1, -0.05) is 13.8 Å². The summed E-state index contributed by atoms with van der Waals surface area (Å²) in [6, 6.07) is -0.0313. The maximum atomic E-state index is 12.4. The second kappa shape index (κ2) is 5.57. The first-order valence-corrected chi connectivity index (χ1v) is 7.07. The minimum absolute atomic E-state index is 0.0313. The zero-order valence-electron chi connectivity index (χ0n) is 11.9. The molecule has 104 valence electrons. The topological polar surface area (TPSA) is 41.6 Å². The van der Waals surface area contributed by atoms with Gasteiger partial charge in [0.15, 0.2) is 0 Å². The van der Waals surface area contributed by atoms with Crippen LogP contribution in [0.25, 0.3) is 0 Å². The van der Waals surface area contributed by atoms with Crippen molar-refractivity contribution in [1.29, 1.82) is 0 Å². The highest BCUT2D eigenvalue weighted by Crippen LogP contribution is 2.30. The molecule has 2 heterocycles. The Kier molecular flexibility index (Phi) is 4.28. The predicted molar refractivity (Wildman–Crippen MR) is 71.4 cm³/mol. The SMILES string of the molecule is COC1CNC(C(=O)N2CCCC(C)(C)CC2)C1. The van der Waals surface area contributed by atoms with Crippen molar-refractivity contribution in [2.45, 2.75) is 51.7 Å². The number of methoxy groups -OCH3 is 1. The molecule has 0 aliphatic carbocycles. The summed E-state index contributed by atoms with van der Waals surface area (Å²) in [5.74, 6) is 0.271. The Morgan fingerprint density at radius 2 is 2.11 bits per heavy atom. The first-order valence-electron chi connectivity index (χ1n) is 7.07. The van der Waals surface area contributed by atoms with Gasteiger partial charge in [0.1, 0.15) is 0 Å². The minimum Gasteiger partial charge on any atom is -0.380 e. The lowest BCUT2D eigenvalue weighted by Crippen LogP contribution is -2.44. The van der Waals surface area contributed by atoms with Crippen molar-refractivity contribution in [2.24, 2.45) is 5.41 Å². The standard InChI is InChI=1S/C14H26N2O2/c1-14(2)5-4-7-16(8-6-14)13(17)12-9-11(18-3)10-15-12/h11-12,15H,4-10H2,1-3H3. The minimum atomic E-state index is -0.0313. The van der Waals surface area contributed by atoms with Crippen molar-refractivity contribution in [3.63, 3.8) is 0 Å². The van der Waals surface area contributed by atoms with Crippen LogP contribution < -0.4 is 5.32 Å². The third-order valence-corrected chi connectivity index (χ3v) is 4.37. The van der Waals surface area contributed by atoms with Gasteiger partial charge in [-0.2, -0.15) is 0 Å². The van der Waals surface area contributed by atoms with Crippen LogP contribution in [0.1, 0.15) is 39.5 Å². The van der Waals surface area contributed by atoms with Crippen LogP contribution in [-0.2, 0) is 9.53 Å². The van der Waals surface area contributed by atoms with Gasteiger partial charge in [0.2, 0.25) is 5.91 Å². The first-order chi connectivity index (χ1) is 8.52. The van der Waals surface area contributed by atoms with Gasteiger partial charge in [0.05, 0.1) is 12.1 Å². The molecule has 0 aromatic rings. The van der Waals surface area contributed by atoms with Crippen LogP contribution in [0.5, 0.6) is 0 Å². The van der Waals surface area contributed by atoms with E-state index in [0.29, 0.717) is 5.41 Å². The Morgan fingerprint density at radius 1 is 1.33 bits per heavy atom. The average molecular weight is 254 g/mol. The summed E-state index contributed by atoms with van der Waals surface area (Å²) in [5, 5.41) is 3.28. The Bertz CT molecular complexity index is 304. The monoisotopic (exact) mass is 254 g/mol. The van der Waals surface area contributed by atoms with E-state index in [1.165, 1.54) is 6.42 Å². The van der Waals surface area contributed by atoms with Crippen molar-refractivity contribution in [1.82, 2.24) is 10.2 Å². The van der Waals surface area contributed by atoms with E-state index in [0.717, 1.165) is 38.9 Å². The van der Waals surface area contributed by atoms with Crippen molar-refractivity contribution in [3.8, 4) is 0 Å². The molecule has 0 bridgehead atoms. The normalized spacial score (nSPS) is 32.3. The van der Waals surface area contributed by atoms with E-state index < -0.39 is 0 Å². The number of amides is 1. The number of hydrogen-bond acceptors (Lipinski definition) is 3. The molecule has 2 atom stereocenters. The smallest absolute Gasteiger partial charge is 0.239 e. The molecule has 2 rings (SSSR count). The second-order valence-corrected chi connectivity index (χ2v) is 6.40. The number of hydrogen-bond donors (Lipinski definition) is 1. The molecule has 1 N–H and O–H groups in total. The van der Waals surface area contributed by atoms with E-state index >= 15 is 0 Å². The molecule has 0 radical (unpaired) electrons. The summed E-state index contributed by atoms with van der Waals surface area (Å²) >= 11 is 0. The third-order valence-electron chi connectivity index (χ3n) is 4.37. The molecule has 4 heteroatoms. The van der Waals surface area contributed by atoms with E-state index in [1.54, 1.807) is 7.11 Å². The number of ether oxygens (including phenoxy) is 1. The molecule has 0 saturated carbocycles. The van der Waals surface area contributed by atoms with Gasteiger partial charge in [-0.25, -0.2) is 0 Å². The van der Waals surface area contributed by atoms with Gasteiger partial charge in [0, 0.05) is 26.7 Å². The van der Waals surface area contributed by atoms with Gasteiger partial charge < -0.3 is 15.0 Å². The molecule has 2 unspecified atom stereocenters. The van der Waals surface area contributed by atoms with Gasteiger partial charge in [-0.15, -0.1) is 0 Å². The lowest BCUT2D eigenvalue weighted by molar-refractivity contribution is -0.133. The molecule has 0 spiro atoms. The number of nitrogens with zero attached hydrogens (tertiary/aromatic N) is 1. The highest BCUT2D eigenvalue weighted by molar-refractivity contribution is 5.82. The number of carbonyl (C=O) groups is 1. The van der Waals surface area contributed by atoms with Gasteiger partial charge in [-0.3, -0.25) is 4.79 Å². The Morgan fingerprint density at radius 3 is 2.78 bits per heavy atom. The van der Waals surface area contributed by atoms with Crippen molar-refractivity contribution >= 4 is 5.91 Å². The molecule has 0 aromatic heterocycles. The van der Waals surface area contributed by atoms with E-state index in [4.69, 9.17) is 4.74 Å². The molecule has 2 saturated heterocycles. The molecule has 1 amide bonds. The van der Waals surface area contributed by atoms with Gasteiger partial charge in [0.25, 0.3) is 0 Å². The fraction of sp³-hybridized carbons (Fsp3) is 0.929. The van der Waals surface area contributed by atoms with Crippen LogP contribution >= 0.6 is 0 Å². The van der Waals surface area contributed by atoms with Crippen LogP contribution in [-0.4, -0.2) is 49.7 Å². The summed E-state index contributed by atoms with van der Waals surface area (Å²) in [4.78, 5) is 14.5. The number of carbonyl (C=O) groups excluding carboxylic acids is 1. The maximum Gasteiger partial charge on any atom is 0.239 e. The zero-order valence-corrected chi connectivity index (χ0v) is 11.9. The molecule has 2 aliphatic heterocycles. The Hall–Kier alpha value is -0.610. The Balaban J connectivity index is 1.89. The molecule has 2 fully saturated rings. The zero-order chi connectivity index (χ0) is 13.2. The summed E-state index contributed by atoms with van der Waals surface area (Å²) in [5.41, 5.74) is 0.382. The van der Waals surface area contributed by atoms with Crippen LogP contribution in [0.2, 0.25) is 0 Å². The van der Waals surface area contributed by atoms with Gasteiger partial charge >= 0.3 is 0 Å². The lowest BCUT2D eigenvalue weighted by Gasteiger charge is -2.25. The van der Waals surface area contributed by atoms with Crippen molar-refractivity contribution in [3.05, 3.63) is 0 Å². The van der Waals surface area contributed by atoms with Crippen LogP contribution in [0.15, 0.2) is 0 Å². The molecule has 18 heavy (non-hydrogen) atoms. The summed E-state index contributed by atoms with van der Waals surface area (Å²) in [6.45, 7) is 7.22. The van der Waals surface area contributed by atoms with E-state index in [-0.39, 0.29) is 18.1 Å². The number of rotatable bonds is 2. The summed E-state index contributed by atoms with van der Waals surface area (Å²) in [7, 11) is 1.72. The lowest BCUT2D eigenvalue weighted by atomic mass is 9.85. The largest absolute Gasteiger partial charge is 0.380 e. The van der Waals surface area contributed by atoms with E-state index in [1.807, 2.05) is 4.90 Å². The van der Waals surface area contributed by atoms with E-state index in [2.05, 4.69) is 19.2 Å². The number of nitrogens with one attached hydrogen (secondary N) is 1. The fourth-order valence-electron chi connectivity index (χ4n) is 2.93. The summed E-state index contributed by atoms with van der Waals surface area (Å²) in [6.07, 6.45) is 4.46. The second-order valence-electron chi connectivity index (χ2n) is 6.40. The highest BCUT2D eigenvalue weighted by Gasteiger charge is 2.33. The van der Waals surface area contributed by atoms with Crippen molar-refractivity contribution < 1.29 is 9.53 Å². The first kappa shape index (κ1) is 13.8. The molecular formula is C14H26N2O2. The van der Waals surface area contributed by atoms with Crippen LogP contribution in [0.4, 0.5) is 0 Å². The fourth-order valence-corrected chi connectivity index (χ4v) is 2.93. The third kappa shape index (κ3) is 3.23. The molecule has 2 aliphatic rings. The van der Waals surface area contributed by atoms with Crippen LogP contribution in [0.3, 0.4) is 0 Å². The van der Waals surface area contributed by atoms with Gasteiger partial charge in [-0.05, 0) is 31.1 Å². The van der Waals surface area contributed by atoms with Crippen LogP contribution in [0, 0.1) is 5.41 Å². The Labute approximate surface area is 110 Å². The average Bonchev–Trinajstić information content (AvgIpc) is 2.74. The highest BCUT2D eigenvalue weighted by atomic mass is 16.5. The molecule has 0 aromatic carbocycles. The predicted octanol–water partition coefficient (Wildman–Crippen LogP) is 1.40. The van der Waals surface area contributed by atoms with E-state index in [9.17, 15) is 4.79 Å². The quantitative estimate of drug-likeness (QED) is 0.810. The number of likely N-dealkylation sites (tertiary alicyclic amines) is 1. The molecule has 4 nitrogen and oxygen atoms in total. The van der Waals surface area contributed by atoms with Crippen molar-refractivity contribution in [2.75, 3.05) is 26.7 Å². The summed E-state index contributed by atoms with van der Waals surface area (Å²) < 4.78 is 5.30.